The van der Waals surface area contributed by atoms with Crippen LogP contribution >= 0.6 is 0 Å². The maximum atomic E-state index is 2.62. The van der Waals surface area contributed by atoms with Crippen LogP contribution in [-0.4, -0.2) is 18.0 Å². The minimum absolute atomic E-state index is 0.426. The second-order valence-corrected chi connectivity index (χ2v) is 7.94. The van der Waals surface area contributed by atoms with E-state index in [0.717, 1.165) is 18.4 Å². The molecule has 0 N–H and O–H groups in total. The van der Waals surface area contributed by atoms with Gasteiger partial charge in [-0.05, 0) is 29.2 Å². The van der Waals surface area contributed by atoms with Crippen molar-refractivity contribution in [3.05, 3.63) is 35.9 Å². The third-order valence-corrected chi connectivity index (χ3v) is 3.40. The van der Waals surface area contributed by atoms with E-state index in [9.17, 15) is 0 Å². The Morgan fingerprint density at radius 3 is 2.05 bits per heavy atom. The number of hydrogen-bond donors (Lipinski definition) is 0. The third-order valence-electron chi connectivity index (χ3n) is 3.40. The third kappa shape index (κ3) is 7.69. The van der Waals surface area contributed by atoms with Gasteiger partial charge >= 0.3 is 0 Å². The van der Waals surface area contributed by atoms with E-state index in [0.29, 0.717) is 5.41 Å². The molecule has 0 amide bonds. The molecular formula is C19H33N. The molecule has 114 valence electrons. The summed E-state index contributed by atoms with van der Waals surface area (Å²) < 4.78 is 0. The topological polar surface area (TPSA) is 3.24 Å². The molecule has 0 aliphatic carbocycles. The Kier molecular flexibility index (Phi) is 6.75. The van der Waals surface area contributed by atoms with Crippen molar-refractivity contribution < 1.29 is 0 Å². The van der Waals surface area contributed by atoms with Crippen LogP contribution in [0.1, 0.15) is 53.5 Å². The minimum atomic E-state index is 0.426. The molecule has 0 aliphatic heterocycles. The summed E-state index contributed by atoms with van der Waals surface area (Å²) >= 11 is 0. The highest BCUT2D eigenvalue weighted by Gasteiger charge is 2.18. The number of rotatable bonds is 7. The van der Waals surface area contributed by atoms with Gasteiger partial charge in [-0.3, -0.25) is 4.90 Å². The van der Waals surface area contributed by atoms with Crippen LogP contribution in [0, 0.1) is 17.3 Å². The van der Waals surface area contributed by atoms with Gasteiger partial charge in [-0.1, -0.05) is 71.9 Å². The van der Waals surface area contributed by atoms with Gasteiger partial charge < -0.3 is 0 Å². The second kappa shape index (κ2) is 7.83. The molecule has 0 aromatic heterocycles. The second-order valence-electron chi connectivity index (χ2n) is 7.94. The van der Waals surface area contributed by atoms with Crippen LogP contribution in [-0.2, 0) is 6.54 Å². The van der Waals surface area contributed by atoms with E-state index >= 15 is 0 Å². The zero-order valence-electron chi connectivity index (χ0n) is 14.3. The van der Waals surface area contributed by atoms with E-state index in [1.165, 1.54) is 25.1 Å². The number of hydrogen-bond acceptors (Lipinski definition) is 1. The maximum absolute atomic E-state index is 2.62. The first kappa shape index (κ1) is 17.2. The summed E-state index contributed by atoms with van der Waals surface area (Å²) in [6, 6.07) is 10.9. The Morgan fingerprint density at radius 1 is 0.950 bits per heavy atom. The van der Waals surface area contributed by atoms with Gasteiger partial charge in [-0.2, -0.15) is 0 Å². The molecule has 1 unspecified atom stereocenters. The van der Waals surface area contributed by atoms with Crippen LogP contribution in [0.5, 0.6) is 0 Å². The molecule has 1 heteroatoms. The van der Waals surface area contributed by atoms with Crippen LogP contribution in [0.2, 0.25) is 0 Å². The highest BCUT2D eigenvalue weighted by atomic mass is 15.1. The van der Waals surface area contributed by atoms with Gasteiger partial charge in [0.2, 0.25) is 0 Å². The Bertz CT molecular complexity index is 361. The lowest BCUT2D eigenvalue weighted by Gasteiger charge is -2.30. The van der Waals surface area contributed by atoms with Crippen molar-refractivity contribution in [1.82, 2.24) is 4.90 Å². The first-order chi connectivity index (χ1) is 9.26. The number of benzene rings is 1. The predicted molar refractivity (Wildman–Crippen MR) is 89.8 cm³/mol. The average molecular weight is 275 g/mol. The fraction of sp³-hybridized carbons (Fsp3) is 0.684. The highest BCUT2D eigenvalue weighted by molar-refractivity contribution is 5.14. The minimum Gasteiger partial charge on any atom is -0.299 e. The van der Waals surface area contributed by atoms with Crippen LogP contribution in [0.15, 0.2) is 30.3 Å². The van der Waals surface area contributed by atoms with Crippen molar-refractivity contribution in [2.24, 2.45) is 17.3 Å². The molecule has 0 bridgehead atoms. The van der Waals surface area contributed by atoms with Gasteiger partial charge in [0.1, 0.15) is 0 Å². The van der Waals surface area contributed by atoms with Gasteiger partial charge in [0.25, 0.3) is 0 Å². The Morgan fingerprint density at radius 2 is 1.55 bits per heavy atom. The van der Waals surface area contributed by atoms with Gasteiger partial charge in [0, 0.05) is 19.6 Å². The smallest absolute Gasteiger partial charge is 0.0233 e. The van der Waals surface area contributed by atoms with Crippen molar-refractivity contribution in [2.45, 2.75) is 54.5 Å². The molecule has 1 rings (SSSR count). The summed E-state index contributed by atoms with van der Waals surface area (Å²) in [7, 11) is 0. The zero-order chi connectivity index (χ0) is 15.2. The van der Waals surface area contributed by atoms with E-state index in [2.05, 4.69) is 76.8 Å². The van der Waals surface area contributed by atoms with Gasteiger partial charge in [-0.25, -0.2) is 0 Å². The summed E-state index contributed by atoms with van der Waals surface area (Å²) in [4.78, 5) is 2.62. The van der Waals surface area contributed by atoms with Crippen LogP contribution < -0.4 is 0 Å². The number of nitrogens with zero attached hydrogens (tertiary/aromatic N) is 1. The van der Waals surface area contributed by atoms with Gasteiger partial charge in [0.05, 0.1) is 0 Å². The lowest BCUT2D eigenvalue weighted by atomic mass is 9.85. The van der Waals surface area contributed by atoms with Crippen molar-refractivity contribution in [1.29, 1.82) is 0 Å². The molecule has 0 saturated heterocycles. The standard InChI is InChI=1S/C19H33N/c1-16(2)13-20(14-17(3)12-19(4,5)6)15-18-10-8-7-9-11-18/h7-11,16-17H,12-15H2,1-6H3. The van der Waals surface area contributed by atoms with E-state index in [-0.39, 0.29) is 0 Å². The fourth-order valence-corrected chi connectivity index (χ4v) is 3.11. The molecule has 0 spiro atoms. The summed E-state index contributed by atoms with van der Waals surface area (Å²) in [6.45, 7) is 17.5. The first-order valence-corrected chi connectivity index (χ1v) is 8.02. The molecule has 0 aliphatic rings. The zero-order valence-corrected chi connectivity index (χ0v) is 14.3. The van der Waals surface area contributed by atoms with Crippen molar-refractivity contribution >= 4 is 0 Å². The lowest BCUT2D eigenvalue weighted by molar-refractivity contribution is 0.178. The monoisotopic (exact) mass is 275 g/mol. The Labute approximate surface area is 126 Å². The molecule has 1 nitrogen and oxygen atoms in total. The lowest BCUT2D eigenvalue weighted by Crippen LogP contribution is -2.32. The van der Waals surface area contributed by atoms with Crippen molar-refractivity contribution in [3.63, 3.8) is 0 Å². The first-order valence-electron chi connectivity index (χ1n) is 8.02. The normalized spacial score (nSPS) is 14.0. The molecular weight excluding hydrogens is 242 g/mol. The SMILES string of the molecule is CC(C)CN(Cc1ccccc1)CC(C)CC(C)(C)C. The average Bonchev–Trinajstić information content (AvgIpc) is 2.26. The molecule has 1 aromatic carbocycles. The predicted octanol–water partition coefficient (Wildman–Crippen LogP) is 5.22. The Hall–Kier alpha value is -0.820. The fourth-order valence-electron chi connectivity index (χ4n) is 3.11. The Balaban J connectivity index is 2.60. The van der Waals surface area contributed by atoms with Gasteiger partial charge in [0.15, 0.2) is 0 Å². The van der Waals surface area contributed by atoms with E-state index in [1.807, 2.05) is 0 Å². The van der Waals surface area contributed by atoms with E-state index < -0.39 is 0 Å². The van der Waals surface area contributed by atoms with Crippen LogP contribution in [0.4, 0.5) is 0 Å². The molecule has 0 fully saturated rings. The quantitative estimate of drug-likeness (QED) is 0.659. The summed E-state index contributed by atoms with van der Waals surface area (Å²) in [5, 5.41) is 0. The van der Waals surface area contributed by atoms with Crippen LogP contribution in [0.3, 0.4) is 0 Å². The highest BCUT2D eigenvalue weighted by Crippen LogP contribution is 2.25. The van der Waals surface area contributed by atoms with Crippen molar-refractivity contribution in [2.75, 3.05) is 13.1 Å². The summed E-state index contributed by atoms with van der Waals surface area (Å²) in [5.41, 5.74) is 1.85. The summed E-state index contributed by atoms with van der Waals surface area (Å²) in [6.07, 6.45) is 1.29. The van der Waals surface area contributed by atoms with Crippen LogP contribution in [0.25, 0.3) is 0 Å². The molecule has 1 atom stereocenters. The van der Waals surface area contributed by atoms with E-state index in [1.54, 1.807) is 0 Å². The molecule has 0 saturated carbocycles. The maximum Gasteiger partial charge on any atom is 0.0233 e. The molecule has 1 aromatic rings. The van der Waals surface area contributed by atoms with Gasteiger partial charge in [-0.15, -0.1) is 0 Å². The largest absolute Gasteiger partial charge is 0.299 e. The summed E-state index contributed by atoms with van der Waals surface area (Å²) in [5.74, 6) is 1.47. The molecule has 0 radical (unpaired) electrons. The molecule has 20 heavy (non-hydrogen) atoms. The molecule has 0 heterocycles. The van der Waals surface area contributed by atoms with Crippen molar-refractivity contribution in [3.8, 4) is 0 Å². The van der Waals surface area contributed by atoms with E-state index in [4.69, 9.17) is 0 Å².